The number of hydrogen-bond acceptors (Lipinski definition) is 4. The van der Waals surface area contributed by atoms with E-state index >= 15 is 0 Å². The minimum Gasteiger partial charge on any atom is -0.508 e. The Bertz CT molecular complexity index is 1390. The Labute approximate surface area is 199 Å². The largest absolute Gasteiger partial charge is 0.508 e. The second kappa shape index (κ2) is 10.0. The predicted octanol–water partition coefficient (Wildman–Crippen LogP) is 6.43. The van der Waals surface area contributed by atoms with Crippen LogP contribution in [0.15, 0.2) is 95.0 Å². The van der Waals surface area contributed by atoms with Crippen LogP contribution in [-0.2, 0) is 11.4 Å². The van der Waals surface area contributed by atoms with E-state index in [1.54, 1.807) is 30.3 Å². The van der Waals surface area contributed by atoms with Gasteiger partial charge in [0.05, 0.1) is 4.47 Å². The first-order valence-corrected chi connectivity index (χ1v) is 10.9. The molecular formula is C27H19BrN2O3. The molecule has 0 saturated carbocycles. The number of nitriles is 1. The molecule has 0 aliphatic rings. The van der Waals surface area contributed by atoms with Crippen molar-refractivity contribution in [3.63, 3.8) is 0 Å². The van der Waals surface area contributed by atoms with Crippen molar-refractivity contribution in [2.24, 2.45) is 0 Å². The van der Waals surface area contributed by atoms with Crippen molar-refractivity contribution in [2.75, 3.05) is 5.32 Å². The van der Waals surface area contributed by atoms with Crippen molar-refractivity contribution in [1.29, 1.82) is 5.26 Å². The summed E-state index contributed by atoms with van der Waals surface area (Å²) < 4.78 is 6.68. The van der Waals surface area contributed by atoms with Crippen LogP contribution in [0.25, 0.3) is 16.8 Å². The monoisotopic (exact) mass is 498 g/mol. The summed E-state index contributed by atoms with van der Waals surface area (Å²) in [6.45, 7) is 0.414. The van der Waals surface area contributed by atoms with Crippen LogP contribution < -0.4 is 10.1 Å². The van der Waals surface area contributed by atoms with Crippen molar-refractivity contribution < 1.29 is 14.6 Å². The second-order valence-electron chi connectivity index (χ2n) is 7.33. The molecular weight excluding hydrogens is 480 g/mol. The number of rotatable bonds is 6. The molecule has 1 amide bonds. The van der Waals surface area contributed by atoms with Crippen molar-refractivity contribution in [1.82, 2.24) is 0 Å². The summed E-state index contributed by atoms with van der Waals surface area (Å²) in [6.07, 6.45) is 1.51. The van der Waals surface area contributed by atoms with E-state index in [4.69, 9.17) is 4.74 Å². The molecule has 0 bridgehead atoms. The van der Waals surface area contributed by atoms with Gasteiger partial charge in [0.1, 0.15) is 29.7 Å². The molecule has 0 aliphatic carbocycles. The van der Waals surface area contributed by atoms with Gasteiger partial charge in [-0.05, 0) is 86.4 Å². The lowest BCUT2D eigenvalue weighted by atomic mass is 10.1. The summed E-state index contributed by atoms with van der Waals surface area (Å²) in [5.41, 5.74) is 2.18. The van der Waals surface area contributed by atoms with E-state index in [2.05, 4.69) is 45.5 Å². The number of amides is 1. The van der Waals surface area contributed by atoms with Gasteiger partial charge in [0.25, 0.3) is 5.91 Å². The number of carbonyl (C=O) groups is 1. The van der Waals surface area contributed by atoms with Gasteiger partial charge in [-0.3, -0.25) is 4.79 Å². The quantitative estimate of drug-likeness (QED) is 0.182. The first-order valence-electron chi connectivity index (χ1n) is 10.1. The van der Waals surface area contributed by atoms with Crippen LogP contribution in [0.3, 0.4) is 0 Å². The maximum absolute atomic E-state index is 12.4. The minimum absolute atomic E-state index is 0.0418. The number of carbonyl (C=O) groups excluding carboxylic acids is 1. The third-order valence-electron chi connectivity index (χ3n) is 4.97. The van der Waals surface area contributed by atoms with Gasteiger partial charge in [0.15, 0.2) is 0 Å². The second-order valence-corrected chi connectivity index (χ2v) is 8.19. The van der Waals surface area contributed by atoms with Crippen LogP contribution in [-0.4, -0.2) is 11.0 Å². The zero-order valence-electron chi connectivity index (χ0n) is 17.5. The Hall–Kier alpha value is -4.08. The van der Waals surface area contributed by atoms with Gasteiger partial charge < -0.3 is 15.2 Å². The number of nitrogens with one attached hydrogen (secondary N) is 1. The number of phenols is 1. The maximum Gasteiger partial charge on any atom is 0.266 e. The number of aromatic hydroxyl groups is 1. The van der Waals surface area contributed by atoms with Crippen LogP contribution in [0, 0.1) is 11.3 Å². The summed E-state index contributed by atoms with van der Waals surface area (Å²) in [6, 6.07) is 27.7. The van der Waals surface area contributed by atoms with Crippen molar-refractivity contribution in [3.8, 4) is 17.6 Å². The van der Waals surface area contributed by atoms with E-state index in [1.165, 1.54) is 23.6 Å². The summed E-state index contributed by atoms with van der Waals surface area (Å²) in [7, 11) is 0. The molecule has 0 saturated heterocycles. The number of benzene rings is 4. The van der Waals surface area contributed by atoms with Gasteiger partial charge in [0, 0.05) is 5.69 Å². The van der Waals surface area contributed by atoms with Crippen LogP contribution in [0.2, 0.25) is 0 Å². The summed E-state index contributed by atoms with van der Waals surface area (Å²) >= 11 is 3.51. The molecule has 5 nitrogen and oxygen atoms in total. The highest BCUT2D eigenvalue weighted by Gasteiger charge is 2.11. The molecule has 0 fully saturated rings. The summed E-state index contributed by atoms with van der Waals surface area (Å²) in [5, 5.41) is 23.8. The van der Waals surface area contributed by atoms with E-state index in [1.807, 2.05) is 24.3 Å². The van der Waals surface area contributed by atoms with Gasteiger partial charge in [-0.25, -0.2) is 0 Å². The summed E-state index contributed by atoms with van der Waals surface area (Å²) in [4.78, 5) is 12.4. The van der Waals surface area contributed by atoms with Gasteiger partial charge in [-0.15, -0.1) is 0 Å². The van der Waals surface area contributed by atoms with Crippen molar-refractivity contribution in [2.45, 2.75) is 6.61 Å². The average Bonchev–Trinajstić information content (AvgIpc) is 2.83. The topological polar surface area (TPSA) is 82.3 Å². The van der Waals surface area contributed by atoms with Gasteiger partial charge in [0.2, 0.25) is 0 Å². The highest BCUT2D eigenvalue weighted by Crippen LogP contribution is 2.28. The van der Waals surface area contributed by atoms with Gasteiger partial charge in [-0.1, -0.05) is 42.5 Å². The van der Waals surface area contributed by atoms with E-state index in [0.717, 1.165) is 10.9 Å². The molecule has 0 aromatic heterocycles. The van der Waals surface area contributed by atoms with Crippen LogP contribution in [0.1, 0.15) is 11.1 Å². The number of fused-ring (bicyclic) bond motifs is 1. The number of anilines is 1. The summed E-state index contributed by atoms with van der Waals surface area (Å²) in [5.74, 6) is 0.222. The Morgan fingerprint density at radius 2 is 1.76 bits per heavy atom. The highest BCUT2D eigenvalue weighted by molar-refractivity contribution is 9.10. The highest BCUT2D eigenvalue weighted by atomic mass is 79.9. The number of nitrogens with zero attached hydrogens (tertiary/aromatic N) is 1. The predicted molar refractivity (Wildman–Crippen MR) is 133 cm³/mol. The molecule has 6 heteroatoms. The molecule has 33 heavy (non-hydrogen) atoms. The molecule has 0 aliphatic heterocycles. The molecule has 0 unspecified atom stereocenters. The fraction of sp³-hybridized carbons (Fsp3) is 0.0370. The molecule has 4 aromatic carbocycles. The van der Waals surface area contributed by atoms with E-state index < -0.39 is 5.91 Å². The third kappa shape index (κ3) is 5.59. The van der Waals surface area contributed by atoms with Crippen molar-refractivity contribution in [3.05, 3.63) is 106 Å². The van der Waals surface area contributed by atoms with Crippen LogP contribution in [0.5, 0.6) is 11.5 Å². The van der Waals surface area contributed by atoms with Gasteiger partial charge in [-0.2, -0.15) is 5.26 Å². The lowest BCUT2D eigenvalue weighted by molar-refractivity contribution is -0.112. The minimum atomic E-state index is -0.532. The first kappa shape index (κ1) is 22.1. The SMILES string of the molecule is N#C/C(=C\c1ccc(OCc2ccc3ccccc3c2)c(Br)c1)C(=O)Nc1ccc(O)cc1. The number of ether oxygens (including phenoxy) is 1. The molecule has 0 spiro atoms. The third-order valence-corrected chi connectivity index (χ3v) is 5.59. The molecule has 162 valence electrons. The molecule has 0 radical (unpaired) electrons. The lowest BCUT2D eigenvalue weighted by Gasteiger charge is -2.10. The average molecular weight is 499 g/mol. The molecule has 4 rings (SSSR count). The Morgan fingerprint density at radius 3 is 2.48 bits per heavy atom. The van der Waals surface area contributed by atoms with Crippen LogP contribution >= 0.6 is 15.9 Å². The fourth-order valence-electron chi connectivity index (χ4n) is 3.27. The van der Waals surface area contributed by atoms with Crippen molar-refractivity contribution >= 4 is 44.4 Å². The Kier molecular flexibility index (Phi) is 6.72. The Morgan fingerprint density at radius 1 is 1.00 bits per heavy atom. The standard InChI is InChI=1S/C27H19BrN2O3/c28-25-15-18(13-22(16-29)27(32)30-23-8-10-24(31)11-9-23)6-12-26(25)33-17-19-5-7-20-3-1-2-4-21(20)14-19/h1-15,31H,17H2,(H,30,32)/b22-13+. The Balaban J connectivity index is 1.45. The van der Waals surface area contributed by atoms with E-state index in [0.29, 0.717) is 28.1 Å². The van der Waals surface area contributed by atoms with E-state index in [-0.39, 0.29) is 11.3 Å². The fourth-order valence-corrected chi connectivity index (χ4v) is 3.78. The lowest BCUT2D eigenvalue weighted by Crippen LogP contribution is -2.13. The number of hydrogen-bond donors (Lipinski definition) is 2. The zero-order chi connectivity index (χ0) is 23.2. The first-order chi connectivity index (χ1) is 16.0. The molecule has 0 atom stereocenters. The molecule has 4 aromatic rings. The number of halogens is 1. The zero-order valence-corrected chi connectivity index (χ0v) is 19.0. The normalized spacial score (nSPS) is 11.1. The van der Waals surface area contributed by atoms with Gasteiger partial charge >= 0.3 is 0 Å². The van der Waals surface area contributed by atoms with Crippen LogP contribution in [0.4, 0.5) is 5.69 Å². The maximum atomic E-state index is 12.4. The smallest absolute Gasteiger partial charge is 0.266 e. The molecule has 0 heterocycles. The van der Waals surface area contributed by atoms with E-state index in [9.17, 15) is 15.2 Å². The number of phenolic OH excluding ortho intramolecular Hbond substituents is 1. The molecule has 2 N–H and O–H groups in total.